The Morgan fingerprint density at radius 1 is 1.23 bits per heavy atom. The number of carbonyl (C=O) groups excluding carboxylic acids is 2. The smallest absolute Gasteiger partial charge is 0.411 e. The van der Waals surface area contributed by atoms with E-state index in [9.17, 15) is 14.5 Å². The standard InChI is InChI=1S/C20H30N4O6/c1-20(2,3)30-19(26)23-11-7-6-8-15(23)13-21-16-10-9-14(22-18(25)28-4)12-17(16)24(27)29-5/h9-10,12,15H,6-8,11,13H2,1-5H3,(H-,21,22,25,27)/p+1. The predicted molar refractivity (Wildman–Crippen MR) is 112 cm³/mol. The SMILES string of the molecule is COC(=O)Nc1ccc(NCC2CCCCN2C(=O)OC(C)(C)C)c([N+](=O)OC)c1. The Kier molecular flexibility index (Phi) is 7.85. The second-order valence-electron chi connectivity index (χ2n) is 7.99. The molecule has 1 aliphatic rings. The fourth-order valence-corrected chi connectivity index (χ4v) is 3.18. The molecule has 1 atom stereocenters. The molecular formula is C20H31N4O6+. The largest absolute Gasteiger partial charge is 0.453 e. The van der Waals surface area contributed by atoms with Crippen LogP contribution in [-0.2, 0) is 14.3 Å². The van der Waals surface area contributed by atoms with E-state index in [0.29, 0.717) is 29.4 Å². The van der Waals surface area contributed by atoms with Crippen molar-refractivity contribution in [3.05, 3.63) is 23.1 Å². The molecule has 166 valence electrons. The molecule has 2 rings (SSSR count). The fourth-order valence-electron chi connectivity index (χ4n) is 3.18. The molecule has 1 heterocycles. The zero-order chi connectivity index (χ0) is 22.3. The van der Waals surface area contributed by atoms with Gasteiger partial charge in [0.25, 0.3) is 4.92 Å². The van der Waals surface area contributed by atoms with Crippen molar-refractivity contribution in [2.24, 2.45) is 0 Å². The van der Waals surface area contributed by atoms with Crippen molar-refractivity contribution in [1.82, 2.24) is 4.90 Å². The predicted octanol–water partition coefficient (Wildman–Crippen LogP) is 4.04. The number of benzene rings is 1. The maximum absolute atomic E-state index is 12.6. The second-order valence-corrected chi connectivity index (χ2v) is 7.99. The molecule has 0 bridgehead atoms. The Morgan fingerprint density at radius 3 is 2.60 bits per heavy atom. The van der Waals surface area contributed by atoms with E-state index in [-0.39, 0.29) is 17.8 Å². The number of hydrogen-bond acceptors (Lipinski definition) is 7. The molecule has 0 radical (unpaired) electrons. The first kappa shape index (κ1) is 23.2. The molecule has 0 spiro atoms. The first-order chi connectivity index (χ1) is 14.1. The third kappa shape index (κ3) is 6.50. The van der Waals surface area contributed by atoms with Crippen LogP contribution in [0.25, 0.3) is 0 Å². The lowest BCUT2D eigenvalue weighted by atomic mass is 10.0. The normalized spacial score (nSPS) is 16.4. The van der Waals surface area contributed by atoms with E-state index in [1.54, 1.807) is 17.0 Å². The fraction of sp³-hybridized carbons (Fsp3) is 0.600. The van der Waals surface area contributed by atoms with Gasteiger partial charge in [-0.3, -0.25) is 5.32 Å². The number of methoxy groups -OCH3 is 1. The molecule has 1 fully saturated rings. The van der Waals surface area contributed by atoms with Gasteiger partial charge < -0.3 is 19.7 Å². The number of ether oxygens (including phenoxy) is 2. The number of likely N-dealkylation sites (tertiary alicyclic amines) is 1. The Morgan fingerprint density at radius 2 is 1.97 bits per heavy atom. The van der Waals surface area contributed by atoms with Crippen molar-refractivity contribution < 1.29 is 28.8 Å². The minimum atomic E-state index is -0.647. The first-order valence-electron chi connectivity index (χ1n) is 9.88. The third-order valence-corrected chi connectivity index (χ3v) is 4.58. The summed E-state index contributed by atoms with van der Waals surface area (Å²) < 4.78 is 10.1. The molecule has 0 saturated carbocycles. The van der Waals surface area contributed by atoms with E-state index >= 15 is 0 Å². The number of amides is 2. The summed E-state index contributed by atoms with van der Waals surface area (Å²) in [6, 6.07) is 4.70. The summed E-state index contributed by atoms with van der Waals surface area (Å²) in [5, 5.41) is 5.73. The number of nitrogens with one attached hydrogen (secondary N) is 2. The van der Waals surface area contributed by atoms with E-state index in [4.69, 9.17) is 9.57 Å². The van der Waals surface area contributed by atoms with Crippen molar-refractivity contribution in [3.8, 4) is 0 Å². The van der Waals surface area contributed by atoms with Gasteiger partial charge in [0.2, 0.25) is 0 Å². The Labute approximate surface area is 176 Å². The zero-order valence-electron chi connectivity index (χ0n) is 18.2. The molecule has 1 aromatic carbocycles. The molecule has 1 aromatic rings. The van der Waals surface area contributed by atoms with Gasteiger partial charge in [-0.1, -0.05) is 0 Å². The summed E-state index contributed by atoms with van der Waals surface area (Å²) in [4.78, 5) is 43.0. The first-order valence-corrected chi connectivity index (χ1v) is 9.88. The highest BCUT2D eigenvalue weighted by atomic mass is 16.8. The Hall–Kier alpha value is -3.04. The molecular weight excluding hydrogens is 392 g/mol. The number of hydrogen-bond donors (Lipinski definition) is 2. The van der Waals surface area contributed by atoms with Crippen molar-refractivity contribution in [2.45, 2.75) is 51.7 Å². The number of rotatable bonds is 6. The van der Waals surface area contributed by atoms with Crippen molar-refractivity contribution in [2.75, 3.05) is 37.9 Å². The van der Waals surface area contributed by atoms with E-state index < -0.39 is 11.7 Å². The minimum Gasteiger partial charge on any atom is -0.453 e. The van der Waals surface area contributed by atoms with Gasteiger partial charge in [0.15, 0.2) is 7.11 Å². The van der Waals surface area contributed by atoms with Crippen LogP contribution < -0.4 is 10.6 Å². The van der Waals surface area contributed by atoms with Crippen LogP contribution in [0.1, 0.15) is 40.0 Å². The molecule has 1 aliphatic heterocycles. The van der Waals surface area contributed by atoms with Gasteiger partial charge in [-0.15, -0.1) is 0 Å². The molecule has 30 heavy (non-hydrogen) atoms. The molecule has 10 nitrogen and oxygen atoms in total. The van der Waals surface area contributed by atoms with E-state index in [1.165, 1.54) is 20.3 Å². The highest BCUT2D eigenvalue weighted by Crippen LogP contribution is 2.29. The molecule has 2 N–H and O–H groups in total. The average molecular weight is 423 g/mol. The molecule has 1 unspecified atom stereocenters. The van der Waals surface area contributed by atoms with Crippen LogP contribution in [0.4, 0.5) is 26.7 Å². The monoisotopic (exact) mass is 423 g/mol. The van der Waals surface area contributed by atoms with Gasteiger partial charge in [0.05, 0.1) is 23.7 Å². The van der Waals surface area contributed by atoms with E-state index in [2.05, 4.69) is 15.4 Å². The van der Waals surface area contributed by atoms with Crippen LogP contribution in [0, 0.1) is 4.91 Å². The average Bonchev–Trinajstić information content (AvgIpc) is 2.71. The van der Waals surface area contributed by atoms with Gasteiger partial charge in [-0.2, -0.15) is 0 Å². The summed E-state index contributed by atoms with van der Waals surface area (Å²) in [7, 11) is 2.50. The van der Waals surface area contributed by atoms with Crippen LogP contribution in [0.15, 0.2) is 18.2 Å². The zero-order valence-corrected chi connectivity index (χ0v) is 18.2. The van der Waals surface area contributed by atoms with Gasteiger partial charge in [-0.25, -0.2) is 14.4 Å². The molecule has 2 amide bonds. The van der Waals surface area contributed by atoms with Crippen LogP contribution in [0.2, 0.25) is 0 Å². The molecule has 0 aromatic heterocycles. The maximum Gasteiger partial charge on any atom is 0.411 e. The van der Waals surface area contributed by atoms with Gasteiger partial charge in [-0.05, 0) is 52.2 Å². The van der Waals surface area contributed by atoms with Crippen LogP contribution in [0.5, 0.6) is 0 Å². The lowest BCUT2D eigenvalue weighted by Crippen LogP contribution is -2.48. The Bertz CT molecular complexity index is 777. The summed E-state index contributed by atoms with van der Waals surface area (Å²) >= 11 is 0. The quantitative estimate of drug-likeness (QED) is 0.665. The summed E-state index contributed by atoms with van der Waals surface area (Å²) in [6.07, 6.45) is 1.77. The summed E-state index contributed by atoms with van der Waals surface area (Å²) in [6.45, 7) is 6.58. The highest BCUT2D eigenvalue weighted by Gasteiger charge is 2.31. The van der Waals surface area contributed by atoms with Crippen LogP contribution in [0.3, 0.4) is 0 Å². The van der Waals surface area contributed by atoms with Gasteiger partial charge in [0.1, 0.15) is 11.3 Å². The molecule has 0 aliphatic carbocycles. The Balaban J connectivity index is 2.14. The van der Waals surface area contributed by atoms with Crippen molar-refractivity contribution >= 4 is 29.2 Å². The number of anilines is 2. The van der Waals surface area contributed by atoms with Crippen LogP contribution >= 0.6 is 0 Å². The highest BCUT2D eigenvalue weighted by molar-refractivity contribution is 5.86. The van der Waals surface area contributed by atoms with Gasteiger partial charge >= 0.3 is 17.9 Å². The lowest BCUT2D eigenvalue weighted by molar-refractivity contribution is -0.736. The minimum absolute atomic E-state index is 0.0723. The number of carbonyl (C=O) groups is 2. The lowest BCUT2D eigenvalue weighted by Gasteiger charge is -2.37. The van der Waals surface area contributed by atoms with Crippen molar-refractivity contribution in [1.29, 1.82) is 0 Å². The van der Waals surface area contributed by atoms with Crippen molar-refractivity contribution in [3.63, 3.8) is 0 Å². The van der Waals surface area contributed by atoms with Crippen LogP contribution in [-0.4, -0.2) is 61.0 Å². The maximum atomic E-state index is 12.6. The topological polar surface area (TPSA) is 109 Å². The summed E-state index contributed by atoms with van der Waals surface area (Å²) in [5.41, 5.74) is 0.514. The molecule has 1 saturated heterocycles. The second kappa shape index (κ2) is 10.1. The molecule has 10 heteroatoms. The number of nitrogens with zero attached hydrogens (tertiary/aromatic N) is 2. The summed E-state index contributed by atoms with van der Waals surface area (Å²) in [5.74, 6) is 0. The number of piperidine rings is 1. The van der Waals surface area contributed by atoms with E-state index in [0.717, 1.165) is 19.3 Å². The van der Waals surface area contributed by atoms with Gasteiger partial charge in [0, 0.05) is 19.2 Å². The van der Waals surface area contributed by atoms with E-state index in [1.807, 2.05) is 20.8 Å². The third-order valence-electron chi connectivity index (χ3n) is 4.58.